The Labute approximate surface area is 222 Å². The molecule has 0 amide bonds. The fourth-order valence-corrected chi connectivity index (χ4v) is 1.37. The van der Waals surface area contributed by atoms with E-state index in [1.807, 2.05) is 0 Å². The molecule has 0 aliphatic heterocycles. The summed E-state index contributed by atoms with van der Waals surface area (Å²) < 4.78 is 0. The molecule has 0 aromatic rings. The van der Waals surface area contributed by atoms with E-state index in [1.165, 1.54) is 0 Å². The van der Waals surface area contributed by atoms with Crippen molar-refractivity contribution < 1.29 is 69.6 Å². The van der Waals surface area contributed by atoms with Gasteiger partial charge in [0.15, 0.2) is 0 Å². The molecule has 2 N–H and O–H groups in total. The molecule has 0 spiro atoms. The third kappa shape index (κ3) is 18.0. The van der Waals surface area contributed by atoms with Crippen molar-refractivity contribution in [1.29, 1.82) is 0 Å². The van der Waals surface area contributed by atoms with Crippen molar-refractivity contribution in [3.8, 4) is 0 Å². The normalized spacial score (nSPS) is 9.72. The summed E-state index contributed by atoms with van der Waals surface area (Å²) in [6.07, 6.45) is -5.43. The van der Waals surface area contributed by atoms with Gasteiger partial charge in [-0.05, 0) is 0 Å². The molecule has 160 valence electrons. The number of carbonyl (C=O) groups is 6. The Morgan fingerprint density at radius 3 is 0.690 bits per heavy atom. The van der Waals surface area contributed by atoms with Crippen molar-refractivity contribution in [2.75, 3.05) is 0 Å². The van der Waals surface area contributed by atoms with Crippen LogP contribution in [0.5, 0.6) is 0 Å². The number of carboxylic acids is 6. The number of carboxylic acid groups (broad SMARTS) is 6. The second kappa shape index (κ2) is 17.2. The standard InChI is InChI=1S/2C6H8O7.3Pb.6H/c2*7-3(8)1-6(13,5(11)12)2-4(9)10;;;;;;;;;/h2*13H,1-2H2,(H,7,8)(H,9,10)(H,11,12);;;;;;;;;/q;;3*+2;;;;;;/p-6. The van der Waals surface area contributed by atoms with Crippen LogP contribution in [0.25, 0.3) is 0 Å². The van der Waals surface area contributed by atoms with Crippen molar-refractivity contribution in [2.45, 2.75) is 36.9 Å². The first-order valence-corrected chi connectivity index (χ1v) is 6.23. The molecule has 0 aromatic heterocycles. The molecule has 0 aliphatic rings. The maximum atomic E-state index is 10.1. The van der Waals surface area contributed by atoms with E-state index < -0.39 is 72.7 Å². The Kier molecular flexibility index (Phi) is 23.2. The summed E-state index contributed by atoms with van der Waals surface area (Å²) in [4.78, 5) is 60.0. The van der Waals surface area contributed by atoms with Crippen LogP contribution in [-0.4, -0.2) is 139 Å². The molecule has 0 saturated carbocycles. The van der Waals surface area contributed by atoms with Gasteiger partial charge in [0, 0.05) is 49.6 Å². The van der Waals surface area contributed by atoms with Gasteiger partial charge in [0.1, 0.15) is 11.2 Å². The number of rotatable bonds is 10. The zero-order chi connectivity index (χ0) is 21.3. The van der Waals surface area contributed by atoms with Gasteiger partial charge in [-0.25, -0.2) is 0 Å². The molecule has 29 heavy (non-hydrogen) atoms. The molecule has 17 heteroatoms. The van der Waals surface area contributed by atoms with E-state index in [9.17, 15) is 59.4 Å². The molecule has 0 rings (SSSR count). The Morgan fingerprint density at radius 2 is 0.621 bits per heavy atom. The Hall–Kier alpha value is -0.494. The van der Waals surface area contributed by atoms with E-state index in [4.69, 9.17) is 10.2 Å². The molecule has 0 radical (unpaired) electrons. The van der Waals surface area contributed by atoms with Gasteiger partial charge in [-0.2, -0.15) is 0 Å². The van der Waals surface area contributed by atoms with Crippen molar-refractivity contribution >= 4 is 118 Å². The van der Waals surface area contributed by atoms with Crippen LogP contribution in [0.4, 0.5) is 0 Å². The average Bonchev–Trinajstić information content (AvgIpc) is 2.34. The van der Waals surface area contributed by atoms with Gasteiger partial charge in [-0.3, -0.25) is 0 Å². The third-order valence-corrected chi connectivity index (χ3v) is 2.51. The second-order valence-electron chi connectivity index (χ2n) is 4.83. The Morgan fingerprint density at radius 1 is 0.483 bits per heavy atom. The quantitative estimate of drug-likeness (QED) is 0.193. The van der Waals surface area contributed by atoms with E-state index >= 15 is 0 Å². The van der Waals surface area contributed by atoms with Gasteiger partial charge in [-0.1, -0.05) is 0 Å². The summed E-state index contributed by atoms with van der Waals surface area (Å²) in [7, 11) is 0. The maximum absolute atomic E-state index is 10.1. The van der Waals surface area contributed by atoms with E-state index in [1.54, 1.807) is 0 Å². The van der Waals surface area contributed by atoms with Crippen LogP contribution >= 0.6 is 0 Å². The number of aliphatic hydroxyl groups is 2. The van der Waals surface area contributed by atoms with Gasteiger partial charge in [0.2, 0.25) is 0 Å². The molecule has 0 heterocycles. The van der Waals surface area contributed by atoms with Crippen LogP contribution in [0.15, 0.2) is 0 Å². The van der Waals surface area contributed by atoms with Gasteiger partial charge < -0.3 is 69.6 Å². The van der Waals surface area contributed by atoms with Crippen molar-refractivity contribution in [1.82, 2.24) is 0 Å². The first-order chi connectivity index (χ1) is 11.6. The Balaban J connectivity index is -0.000000120. The van der Waals surface area contributed by atoms with Crippen LogP contribution in [0.2, 0.25) is 0 Å². The van der Waals surface area contributed by atoms with E-state index in [0.29, 0.717) is 0 Å². The predicted molar refractivity (Wildman–Crippen MR) is 84.0 cm³/mol. The zero-order valence-electron chi connectivity index (χ0n) is 14.7. The molecular weight excluding hydrogens is 990 g/mol. The van der Waals surface area contributed by atoms with Crippen molar-refractivity contribution in [3.63, 3.8) is 0 Å². The first-order valence-electron chi connectivity index (χ1n) is 6.23. The topological polar surface area (TPSA) is 281 Å². The van der Waals surface area contributed by atoms with Gasteiger partial charge in [-0.15, -0.1) is 0 Å². The zero-order valence-corrected chi connectivity index (χ0v) is 31.2. The number of hydrogen-bond donors (Lipinski definition) is 2. The minimum absolute atomic E-state index is 0. The van der Waals surface area contributed by atoms with E-state index in [2.05, 4.69) is 0 Å². The van der Waals surface area contributed by atoms with Crippen LogP contribution in [-0.2, 0) is 28.8 Å². The monoisotopic (exact) mass is 1010 g/mol. The second-order valence-corrected chi connectivity index (χ2v) is 4.83. The summed E-state index contributed by atoms with van der Waals surface area (Å²) in [6.45, 7) is 0. The number of carbonyl (C=O) groups excluding carboxylic acids is 6. The molecule has 14 nitrogen and oxygen atoms in total. The third-order valence-electron chi connectivity index (χ3n) is 2.51. The van der Waals surface area contributed by atoms with Crippen LogP contribution in [0.1, 0.15) is 25.7 Å². The summed E-state index contributed by atoms with van der Waals surface area (Å²) in [6, 6.07) is 0. The van der Waals surface area contributed by atoms with Crippen LogP contribution in [0, 0.1) is 0 Å². The van der Waals surface area contributed by atoms with E-state index in [-0.39, 0.29) is 81.9 Å². The van der Waals surface area contributed by atoms with Gasteiger partial charge >= 0.3 is 81.9 Å². The van der Waals surface area contributed by atoms with Gasteiger partial charge in [0.25, 0.3) is 0 Å². The molecule has 0 aliphatic carbocycles. The summed E-state index contributed by atoms with van der Waals surface area (Å²) >= 11 is 0. The summed E-state index contributed by atoms with van der Waals surface area (Å²) in [5.41, 5.74) is -5.95. The fraction of sp³-hybridized carbons (Fsp3) is 0.500. The molecule has 0 atom stereocenters. The van der Waals surface area contributed by atoms with Gasteiger partial charge in [0.05, 0.1) is 11.9 Å². The summed E-state index contributed by atoms with van der Waals surface area (Å²) in [5.74, 6) is -12.0. The molecule has 0 bridgehead atoms. The molecule has 0 fully saturated rings. The molecule has 0 aromatic carbocycles. The predicted octanol–water partition coefficient (Wildman–Crippen LogP) is -13.3. The molecular formula is C12H16O14Pb3. The summed E-state index contributed by atoms with van der Waals surface area (Å²) in [5, 5.41) is 77.9. The number of aliphatic carboxylic acids is 6. The number of hydrogen-bond acceptors (Lipinski definition) is 14. The Bertz CT molecular complexity index is 521. The minimum atomic E-state index is -2.97. The SMILES string of the molecule is O=C([O-])CC(O)(CC(=O)[O-])C(=O)[O-].O=C([O-])CC(O)(CC(=O)[O-])C(=O)[O-].[PbH2+2].[PbH2+2].[PbH2+2]. The fourth-order valence-electron chi connectivity index (χ4n) is 1.37. The van der Waals surface area contributed by atoms with Crippen LogP contribution in [0.3, 0.4) is 0 Å². The average molecular weight is 1010 g/mol. The van der Waals surface area contributed by atoms with E-state index in [0.717, 1.165) is 0 Å². The first kappa shape index (κ1) is 39.0. The molecule has 0 unspecified atom stereocenters. The van der Waals surface area contributed by atoms with Crippen LogP contribution < -0.4 is 30.6 Å². The van der Waals surface area contributed by atoms with Crippen molar-refractivity contribution in [2.24, 2.45) is 0 Å². The molecule has 0 saturated heterocycles. The van der Waals surface area contributed by atoms with Crippen molar-refractivity contribution in [3.05, 3.63) is 0 Å².